The summed E-state index contributed by atoms with van der Waals surface area (Å²) >= 11 is 1.68. The van der Waals surface area contributed by atoms with Crippen LogP contribution in [0.2, 0.25) is 0 Å². The van der Waals surface area contributed by atoms with Crippen LogP contribution in [0.1, 0.15) is 30.4 Å². The first-order chi connectivity index (χ1) is 9.58. The van der Waals surface area contributed by atoms with Gasteiger partial charge in [-0.25, -0.2) is 4.39 Å². The maximum Gasteiger partial charge on any atom is 0.306 e. The molecule has 1 aromatic rings. The van der Waals surface area contributed by atoms with Gasteiger partial charge < -0.3 is 4.74 Å². The van der Waals surface area contributed by atoms with Crippen molar-refractivity contribution in [3.8, 4) is 6.07 Å². The van der Waals surface area contributed by atoms with E-state index in [1.165, 1.54) is 19.2 Å². The smallest absolute Gasteiger partial charge is 0.306 e. The number of carbonyl (C=O) groups excluding carboxylic acids is 1. The van der Waals surface area contributed by atoms with Crippen molar-refractivity contribution in [3.05, 3.63) is 35.1 Å². The van der Waals surface area contributed by atoms with Crippen molar-refractivity contribution in [3.63, 3.8) is 0 Å². The molecule has 1 aliphatic rings. The van der Waals surface area contributed by atoms with Crippen molar-refractivity contribution < 1.29 is 13.9 Å². The van der Waals surface area contributed by atoms with Crippen molar-refractivity contribution in [1.82, 2.24) is 0 Å². The molecule has 0 N–H and O–H groups in total. The third kappa shape index (κ3) is 3.73. The van der Waals surface area contributed by atoms with Gasteiger partial charge >= 0.3 is 5.97 Å². The van der Waals surface area contributed by atoms with Crippen LogP contribution < -0.4 is 0 Å². The highest BCUT2D eigenvalue weighted by Gasteiger charge is 2.44. The van der Waals surface area contributed by atoms with Gasteiger partial charge in [0.2, 0.25) is 0 Å². The average molecular weight is 293 g/mol. The molecule has 0 atom stereocenters. The van der Waals surface area contributed by atoms with Crippen molar-refractivity contribution >= 4 is 17.7 Å². The molecule has 0 aliphatic heterocycles. The molecule has 0 bridgehead atoms. The third-order valence-electron chi connectivity index (χ3n) is 3.56. The Morgan fingerprint density at radius 2 is 2.30 bits per heavy atom. The summed E-state index contributed by atoms with van der Waals surface area (Å²) in [5.74, 6) is 0.971. The molecule has 0 spiro atoms. The lowest BCUT2D eigenvalue weighted by Crippen LogP contribution is -2.13. The molecular formula is C15H16FNO2S. The lowest BCUT2D eigenvalue weighted by molar-refractivity contribution is -0.141. The number of halogens is 1. The topological polar surface area (TPSA) is 50.1 Å². The van der Waals surface area contributed by atoms with E-state index < -0.39 is 0 Å². The predicted molar refractivity (Wildman–Crippen MR) is 75.6 cm³/mol. The van der Waals surface area contributed by atoms with Gasteiger partial charge in [-0.05, 0) is 41.7 Å². The first kappa shape index (κ1) is 14.9. The first-order valence-corrected chi connectivity index (χ1v) is 7.57. The summed E-state index contributed by atoms with van der Waals surface area (Å²) in [4.78, 5) is 11.3. The van der Waals surface area contributed by atoms with E-state index in [0.717, 1.165) is 24.2 Å². The molecule has 0 radical (unpaired) electrons. The molecule has 0 heterocycles. The lowest BCUT2D eigenvalue weighted by atomic mass is 10.1. The fourth-order valence-corrected chi connectivity index (χ4v) is 3.48. The highest BCUT2D eigenvalue weighted by atomic mass is 32.2. The molecule has 1 saturated carbocycles. The molecule has 3 nitrogen and oxygen atoms in total. The second kappa shape index (κ2) is 6.27. The summed E-state index contributed by atoms with van der Waals surface area (Å²) in [6.07, 6.45) is 2.55. The van der Waals surface area contributed by atoms with E-state index in [2.05, 4.69) is 0 Å². The normalized spacial score (nSPS) is 15.4. The SMILES string of the molecule is COC(=O)CC1(CSCc2ccc(F)cc2C#N)CC1. The second-order valence-corrected chi connectivity index (χ2v) is 6.14. The van der Waals surface area contributed by atoms with Crippen molar-refractivity contribution in [1.29, 1.82) is 5.26 Å². The number of esters is 1. The number of benzene rings is 1. The monoisotopic (exact) mass is 293 g/mol. The van der Waals surface area contributed by atoms with Crippen LogP contribution in [0.5, 0.6) is 0 Å². The van der Waals surface area contributed by atoms with Crippen molar-refractivity contribution in [2.24, 2.45) is 5.41 Å². The fourth-order valence-electron chi connectivity index (χ4n) is 2.08. The number of hydrogen-bond acceptors (Lipinski definition) is 4. The number of rotatable bonds is 6. The van der Waals surface area contributed by atoms with Gasteiger partial charge in [-0.15, -0.1) is 0 Å². The standard InChI is InChI=1S/C15H16FNO2S/c1-19-14(18)7-15(4-5-15)10-20-9-11-2-3-13(16)6-12(11)8-17/h2-3,6H,4-5,7,9-10H2,1H3. The van der Waals surface area contributed by atoms with Gasteiger partial charge in [-0.3, -0.25) is 4.79 Å². The molecule has 106 valence electrons. The summed E-state index contributed by atoms with van der Waals surface area (Å²) in [5, 5.41) is 8.98. The third-order valence-corrected chi connectivity index (χ3v) is 4.89. The molecule has 5 heteroatoms. The molecule has 0 unspecified atom stereocenters. The lowest BCUT2D eigenvalue weighted by Gasteiger charge is -2.13. The van der Waals surface area contributed by atoms with E-state index in [1.54, 1.807) is 17.8 Å². The van der Waals surface area contributed by atoms with Crippen molar-refractivity contribution in [2.45, 2.75) is 25.0 Å². The minimum absolute atomic E-state index is 0.0740. The maximum absolute atomic E-state index is 13.0. The van der Waals surface area contributed by atoms with Gasteiger partial charge in [0, 0.05) is 5.75 Å². The molecule has 1 aliphatic carbocycles. The highest BCUT2D eigenvalue weighted by Crippen LogP contribution is 2.51. The zero-order chi connectivity index (χ0) is 14.6. The molecule has 0 aromatic heterocycles. The number of ether oxygens (including phenoxy) is 1. The molecule has 1 aromatic carbocycles. The van der Waals surface area contributed by atoms with E-state index in [9.17, 15) is 9.18 Å². The van der Waals surface area contributed by atoms with Crippen LogP contribution in [-0.2, 0) is 15.3 Å². The number of thioether (sulfide) groups is 1. The van der Waals surface area contributed by atoms with Crippen LogP contribution in [0.4, 0.5) is 4.39 Å². The van der Waals surface area contributed by atoms with Gasteiger partial charge in [-0.1, -0.05) is 6.07 Å². The number of nitriles is 1. The number of methoxy groups -OCH3 is 1. The van der Waals surface area contributed by atoms with Crippen LogP contribution >= 0.6 is 11.8 Å². The van der Waals surface area contributed by atoms with Crippen LogP contribution in [-0.4, -0.2) is 18.8 Å². The Labute approximate surface area is 122 Å². The number of carbonyl (C=O) groups is 1. The Hall–Kier alpha value is -1.54. The largest absolute Gasteiger partial charge is 0.469 e. The van der Waals surface area contributed by atoms with Crippen LogP contribution in [0.3, 0.4) is 0 Å². The molecule has 20 heavy (non-hydrogen) atoms. The minimum Gasteiger partial charge on any atom is -0.469 e. The zero-order valence-electron chi connectivity index (χ0n) is 11.3. The molecule has 0 amide bonds. The molecule has 1 fully saturated rings. The average Bonchev–Trinajstić information content (AvgIpc) is 3.20. The Kier molecular flexibility index (Phi) is 4.66. The van der Waals surface area contributed by atoms with Crippen molar-refractivity contribution in [2.75, 3.05) is 12.9 Å². The Bertz CT molecular complexity index is 549. The second-order valence-electron chi connectivity index (χ2n) is 5.16. The Balaban J connectivity index is 1.88. The highest BCUT2D eigenvalue weighted by molar-refractivity contribution is 7.98. The van der Waals surface area contributed by atoms with E-state index in [1.807, 2.05) is 6.07 Å². The summed E-state index contributed by atoms with van der Waals surface area (Å²) in [5.41, 5.74) is 1.30. The summed E-state index contributed by atoms with van der Waals surface area (Å²) < 4.78 is 17.7. The van der Waals surface area contributed by atoms with Gasteiger partial charge in [0.1, 0.15) is 5.82 Å². The van der Waals surface area contributed by atoms with Crippen LogP contribution in [0.25, 0.3) is 0 Å². The Morgan fingerprint density at radius 3 is 2.90 bits per heavy atom. The summed E-state index contributed by atoms with van der Waals surface area (Å²) in [6, 6.07) is 6.30. The van der Waals surface area contributed by atoms with Crippen LogP contribution in [0.15, 0.2) is 18.2 Å². The number of hydrogen-bond donors (Lipinski definition) is 0. The summed E-state index contributed by atoms with van der Waals surface area (Å²) in [7, 11) is 1.41. The molecular weight excluding hydrogens is 277 g/mol. The molecule has 2 rings (SSSR count). The van der Waals surface area contributed by atoms with E-state index in [0.29, 0.717) is 17.7 Å². The zero-order valence-corrected chi connectivity index (χ0v) is 12.1. The predicted octanol–water partition coefficient (Wildman–Crippen LogP) is 3.27. The van der Waals surface area contributed by atoms with Crippen LogP contribution in [0, 0.1) is 22.6 Å². The Morgan fingerprint density at radius 1 is 1.55 bits per heavy atom. The van der Waals surface area contributed by atoms with Gasteiger partial charge in [-0.2, -0.15) is 17.0 Å². The van der Waals surface area contributed by atoms with E-state index in [-0.39, 0.29) is 17.2 Å². The first-order valence-electron chi connectivity index (χ1n) is 6.42. The van der Waals surface area contributed by atoms with E-state index in [4.69, 9.17) is 10.00 Å². The van der Waals surface area contributed by atoms with Gasteiger partial charge in [0.05, 0.1) is 25.2 Å². The van der Waals surface area contributed by atoms with E-state index >= 15 is 0 Å². The summed E-state index contributed by atoms with van der Waals surface area (Å²) in [6.45, 7) is 0. The fraction of sp³-hybridized carbons (Fsp3) is 0.467. The van der Waals surface area contributed by atoms with Gasteiger partial charge in [0.25, 0.3) is 0 Å². The maximum atomic E-state index is 13.0. The minimum atomic E-state index is -0.389. The number of nitrogens with zero attached hydrogens (tertiary/aromatic N) is 1. The quantitative estimate of drug-likeness (QED) is 0.755. The van der Waals surface area contributed by atoms with Gasteiger partial charge in [0.15, 0.2) is 0 Å². The molecule has 0 saturated heterocycles.